The molecule has 1 aliphatic heterocycles. The lowest BCUT2D eigenvalue weighted by molar-refractivity contribution is -0.907. The first-order valence-electron chi connectivity index (χ1n) is 10.9. The molecule has 4 rings (SSSR count). The third-order valence-electron chi connectivity index (χ3n) is 6.76. The number of nitrogens with zero attached hydrogens (tertiary/aromatic N) is 1. The fourth-order valence-electron chi connectivity index (χ4n) is 5.32. The van der Waals surface area contributed by atoms with E-state index in [2.05, 4.69) is 49.1 Å². The second kappa shape index (κ2) is 7.79. The minimum atomic E-state index is 0.115. The Kier molecular flexibility index (Phi) is 5.41. The van der Waals surface area contributed by atoms with Crippen molar-refractivity contribution >= 4 is 5.78 Å². The van der Waals surface area contributed by atoms with Crippen molar-refractivity contribution < 1.29 is 9.69 Å². The molecule has 1 fully saturated rings. The second-order valence-electron chi connectivity index (χ2n) is 9.70. The van der Waals surface area contributed by atoms with Gasteiger partial charge >= 0.3 is 0 Å². The lowest BCUT2D eigenvalue weighted by Crippen LogP contribution is -3.15. The van der Waals surface area contributed by atoms with Crippen molar-refractivity contribution in [2.75, 3.05) is 19.8 Å². The van der Waals surface area contributed by atoms with Crippen LogP contribution in [0.1, 0.15) is 64.4 Å². The third kappa shape index (κ3) is 4.29. The Morgan fingerprint density at radius 1 is 1.07 bits per heavy atom. The first-order chi connectivity index (χ1) is 13.0. The predicted octanol–water partition coefficient (Wildman–Crippen LogP) is 3.36. The van der Waals surface area contributed by atoms with E-state index in [4.69, 9.17) is 0 Å². The summed E-state index contributed by atoms with van der Waals surface area (Å²) in [6.45, 7) is 7.66. The molecule has 1 unspecified atom stereocenters. The molecule has 0 amide bonds. The topological polar surface area (TPSA) is 24.8 Å². The van der Waals surface area contributed by atoms with Crippen molar-refractivity contribution in [2.24, 2.45) is 5.41 Å². The molecule has 27 heavy (non-hydrogen) atoms. The maximum atomic E-state index is 13.0. The molecule has 2 aliphatic carbocycles. The Labute approximate surface area is 164 Å². The van der Waals surface area contributed by atoms with Gasteiger partial charge in [0.25, 0.3) is 0 Å². The fraction of sp³-hybridized carbons (Fsp3) is 0.625. The number of quaternary nitrogens is 1. The molecule has 1 atom stereocenters. The monoisotopic (exact) mass is 367 g/mol. The van der Waals surface area contributed by atoms with Crippen LogP contribution in [0.5, 0.6) is 0 Å². The molecule has 1 saturated carbocycles. The van der Waals surface area contributed by atoms with Crippen molar-refractivity contribution in [2.45, 2.75) is 71.3 Å². The van der Waals surface area contributed by atoms with Gasteiger partial charge in [-0.2, -0.15) is 0 Å². The fourth-order valence-corrected chi connectivity index (χ4v) is 5.32. The Balaban J connectivity index is 1.55. The Morgan fingerprint density at radius 2 is 1.81 bits per heavy atom. The standard InChI is InChI=1S/C24H34N2O/c1-24(2)15-22-21(23(27)16-24)17-25(14-13-19-9-5-3-6-10-19)18-26(22)20-11-7-4-8-12-20/h3,5-6,9-10,20H,4,7-8,11-18H2,1-2H3/p+1. The van der Waals surface area contributed by atoms with Crippen molar-refractivity contribution in [3.8, 4) is 0 Å². The van der Waals surface area contributed by atoms with E-state index in [-0.39, 0.29) is 5.41 Å². The van der Waals surface area contributed by atoms with E-state index in [0.717, 1.165) is 44.6 Å². The van der Waals surface area contributed by atoms with E-state index in [1.807, 2.05) is 0 Å². The summed E-state index contributed by atoms with van der Waals surface area (Å²) in [7, 11) is 0. The summed E-state index contributed by atoms with van der Waals surface area (Å²) in [5.41, 5.74) is 4.09. The predicted molar refractivity (Wildman–Crippen MR) is 109 cm³/mol. The van der Waals surface area contributed by atoms with Crippen LogP contribution in [0.25, 0.3) is 0 Å². The highest BCUT2D eigenvalue weighted by atomic mass is 16.1. The molecule has 0 bridgehead atoms. The van der Waals surface area contributed by atoms with Crippen molar-refractivity contribution in [3.05, 3.63) is 47.2 Å². The number of nitrogens with one attached hydrogen (secondary N) is 1. The summed E-state index contributed by atoms with van der Waals surface area (Å²) >= 11 is 0. The average Bonchev–Trinajstić information content (AvgIpc) is 2.67. The SMILES string of the molecule is CC1(C)CC(=O)C2=C(C1)N(C1CCCCC1)C[NH+](CCc1ccccc1)C2. The normalized spacial score (nSPS) is 26.2. The summed E-state index contributed by atoms with van der Waals surface area (Å²) in [6.07, 6.45) is 9.57. The quantitative estimate of drug-likeness (QED) is 0.883. The van der Waals surface area contributed by atoms with Crippen molar-refractivity contribution in [3.63, 3.8) is 0 Å². The zero-order chi connectivity index (χ0) is 18.9. The Bertz CT molecular complexity index is 700. The number of carbonyl (C=O) groups excluding carboxylic acids is 1. The van der Waals surface area contributed by atoms with Gasteiger partial charge in [-0.25, -0.2) is 0 Å². The number of Topliss-reactive ketones (excluding diaryl/α,β-unsaturated/α-hetero) is 1. The summed E-state index contributed by atoms with van der Waals surface area (Å²) in [4.78, 5) is 17.2. The molecular weight excluding hydrogens is 332 g/mol. The molecule has 0 saturated heterocycles. The Hall–Kier alpha value is -1.61. The van der Waals surface area contributed by atoms with E-state index < -0.39 is 0 Å². The van der Waals surface area contributed by atoms with Gasteiger partial charge in [-0.1, -0.05) is 63.4 Å². The molecule has 1 aromatic carbocycles. The van der Waals surface area contributed by atoms with Crippen LogP contribution in [0, 0.1) is 5.41 Å². The third-order valence-corrected chi connectivity index (χ3v) is 6.76. The van der Waals surface area contributed by atoms with Crippen LogP contribution in [0.3, 0.4) is 0 Å². The summed E-state index contributed by atoms with van der Waals surface area (Å²) in [6, 6.07) is 11.4. The smallest absolute Gasteiger partial charge is 0.166 e. The second-order valence-corrected chi connectivity index (χ2v) is 9.70. The zero-order valence-corrected chi connectivity index (χ0v) is 17.1. The van der Waals surface area contributed by atoms with Crippen molar-refractivity contribution in [1.29, 1.82) is 0 Å². The van der Waals surface area contributed by atoms with Gasteiger partial charge in [-0.15, -0.1) is 0 Å². The highest BCUT2D eigenvalue weighted by Gasteiger charge is 2.42. The first-order valence-corrected chi connectivity index (χ1v) is 10.9. The number of hydrogen-bond acceptors (Lipinski definition) is 2. The lowest BCUT2D eigenvalue weighted by Gasteiger charge is -2.47. The minimum absolute atomic E-state index is 0.115. The maximum Gasteiger partial charge on any atom is 0.166 e. The number of allylic oxidation sites excluding steroid dienone is 1. The van der Waals surface area contributed by atoms with Gasteiger partial charge < -0.3 is 9.80 Å². The summed E-state index contributed by atoms with van der Waals surface area (Å²) in [5.74, 6) is 0.416. The number of carbonyl (C=O) groups is 1. The lowest BCUT2D eigenvalue weighted by atomic mass is 9.74. The highest BCUT2D eigenvalue weighted by Crippen LogP contribution is 2.40. The van der Waals surface area contributed by atoms with Gasteiger partial charge in [0.1, 0.15) is 6.54 Å². The van der Waals surface area contributed by atoms with E-state index in [9.17, 15) is 4.79 Å². The maximum absolute atomic E-state index is 13.0. The van der Waals surface area contributed by atoms with Crippen LogP contribution >= 0.6 is 0 Å². The molecule has 3 heteroatoms. The van der Waals surface area contributed by atoms with Crippen molar-refractivity contribution in [1.82, 2.24) is 4.90 Å². The molecule has 0 aromatic heterocycles. The zero-order valence-electron chi connectivity index (χ0n) is 17.1. The molecule has 0 spiro atoms. The highest BCUT2D eigenvalue weighted by molar-refractivity contribution is 5.97. The van der Waals surface area contributed by atoms with Gasteiger partial charge in [0.15, 0.2) is 12.5 Å². The largest absolute Gasteiger partial charge is 0.325 e. The van der Waals surface area contributed by atoms with Crippen LogP contribution in [0.4, 0.5) is 0 Å². The Morgan fingerprint density at radius 3 is 2.56 bits per heavy atom. The summed E-state index contributed by atoms with van der Waals surface area (Å²) < 4.78 is 0. The number of benzene rings is 1. The van der Waals surface area contributed by atoms with Crippen LogP contribution in [-0.2, 0) is 11.2 Å². The van der Waals surface area contributed by atoms with E-state index in [1.54, 1.807) is 4.90 Å². The molecular formula is C24H35N2O+. The molecule has 1 heterocycles. The molecule has 3 nitrogen and oxygen atoms in total. The molecule has 1 N–H and O–H groups in total. The molecule has 0 radical (unpaired) electrons. The van der Waals surface area contributed by atoms with Gasteiger partial charge in [-0.05, 0) is 30.2 Å². The van der Waals surface area contributed by atoms with Crippen LogP contribution in [0.2, 0.25) is 0 Å². The van der Waals surface area contributed by atoms with E-state index in [1.165, 1.54) is 43.4 Å². The van der Waals surface area contributed by atoms with E-state index in [0.29, 0.717) is 11.8 Å². The van der Waals surface area contributed by atoms with Crippen LogP contribution < -0.4 is 4.90 Å². The molecule has 1 aromatic rings. The van der Waals surface area contributed by atoms with Crippen LogP contribution in [-0.4, -0.2) is 36.5 Å². The van der Waals surface area contributed by atoms with Crippen LogP contribution in [0.15, 0.2) is 41.6 Å². The number of hydrogen-bond donors (Lipinski definition) is 1. The minimum Gasteiger partial charge on any atom is -0.325 e. The molecule has 3 aliphatic rings. The first kappa shape index (κ1) is 18.7. The van der Waals surface area contributed by atoms with Gasteiger partial charge in [0.05, 0.1) is 12.1 Å². The summed E-state index contributed by atoms with van der Waals surface area (Å²) in [5, 5.41) is 0. The van der Waals surface area contributed by atoms with Gasteiger partial charge in [-0.3, -0.25) is 4.79 Å². The average molecular weight is 368 g/mol. The van der Waals surface area contributed by atoms with E-state index >= 15 is 0 Å². The number of rotatable bonds is 4. The van der Waals surface area contributed by atoms with Gasteiger partial charge in [0.2, 0.25) is 0 Å². The molecule has 146 valence electrons. The van der Waals surface area contributed by atoms with Gasteiger partial charge in [0, 0.05) is 24.6 Å². The number of ketones is 1.